The van der Waals surface area contributed by atoms with E-state index in [-0.39, 0.29) is 5.56 Å². The molecule has 0 atom stereocenters. The van der Waals surface area contributed by atoms with Crippen LogP contribution >= 0.6 is 0 Å². The van der Waals surface area contributed by atoms with Gasteiger partial charge in [-0.2, -0.15) is 0 Å². The van der Waals surface area contributed by atoms with E-state index in [0.29, 0.717) is 11.9 Å². The minimum atomic E-state index is -0.353. The van der Waals surface area contributed by atoms with Crippen LogP contribution < -0.4 is 5.56 Å². The molecule has 3 heteroatoms. The van der Waals surface area contributed by atoms with E-state index in [1.807, 2.05) is 6.07 Å². The van der Waals surface area contributed by atoms with Gasteiger partial charge in [-0.1, -0.05) is 18.2 Å². The Balaban J connectivity index is 3.00. The van der Waals surface area contributed by atoms with Crippen LogP contribution in [0.1, 0.15) is 0 Å². The summed E-state index contributed by atoms with van der Waals surface area (Å²) < 4.78 is 1.06. The molecule has 0 aliphatic heterocycles. The molecule has 0 unspecified atom stereocenters. The molecule has 0 saturated carbocycles. The molecule has 1 aromatic heterocycles. The Morgan fingerprint density at radius 2 is 2.08 bits per heavy atom. The Morgan fingerprint density at radius 3 is 2.85 bits per heavy atom. The number of rotatable bonds is 1. The highest BCUT2D eigenvalue weighted by molar-refractivity contribution is 5.83. The molecule has 0 fully saturated rings. The summed E-state index contributed by atoms with van der Waals surface area (Å²) in [7, 11) is 0. The molecule has 2 rings (SSSR count). The van der Waals surface area contributed by atoms with Gasteiger partial charge in [0.25, 0.3) is 5.56 Å². The molecule has 3 nitrogen and oxygen atoms in total. The molecular weight excluding hydrogens is 166 g/mol. The van der Waals surface area contributed by atoms with Gasteiger partial charge in [-0.3, -0.25) is 9.59 Å². The Kier molecular flexibility index (Phi) is 1.70. The maximum Gasteiger partial charge on any atom is 0.258 e. The highest BCUT2D eigenvalue weighted by atomic mass is 16.2. The van der Waals surface area contributed by atoms with Crippen molar-refractivity contribution in [1.82, 2.24) is 4.57 Å². The maximum atomic E-state index is 11.2. The van der Waals surface area contributed by atoms with Crippen LogP contribution in [0.2, 0.25) is 0 Å². The summed E-state index contributed by atoms with van der Waals surface area (Å²) in [5.41, 5.74) is 0.235. The molecular formula is C10H6NO2. The van der Waals surface area contributed by atoms with E-state index in [0.717, 1.165) is 9.95 Å². The van der Waals surface area contributed by atoms with Crippen molar-refractivity contribution < 1.29 is 4.79 Å². The minimum absolute atomic E-state index is 0.353. The van der Waals surface area contributed by atoms with Gasteiger partial charge in [0.05, 0.1) is 5.52 Å². The summed E-state index contributed by atoms with van der Waals surface area (Å²) >= 11 is 0. The number of aromatic nitrogens is 1. The van der Waals surface area contributed by atoms with E-state index in [1.54, 1.807) is 18.2 Å². The van der Waals surface area contributed by atoms with Crippen LogP contribution in [0, 0.1) is 6.07 Å². The first-order chi connectivity index (χ1) is 6.33. The van der Waals surface area contributed by atoms with Crippen LogP contribution in [0.3, 0.4) is 0 Å². The normalized spacial score (nSPS) is 10.2. The third kappa shape index (κ3) is 1.14. The van der Waals surface area contributed by atoms with Gasteiger partial charge < -0.3 is 0 Å². The smallest absolute Gasteiger partial charge is 0.258 e. The predicted octanol–water partition coefficient (Wildman–Crippen LogP) is 0.840. The Morgan fingerprint density at radius 1 is 1.31 bits per heavy atom. The molecule has 63 valence electrons. The predicted molar refractivity (Wildman–Crippen MR) is 49.2 cm³/mol. The number of fused-ring (bicyclic) bond motifs is 1. The number of hydrogen-bond acceptors (Lipinski definition) is 2. The second-order valence-electron chi connectivity index (χ2n) is 2.62. The highest BCUT2D eigenvalue weighted by Crippen LogP contribution is 2.08. The number of nitrogens with zero attached hydrogens (tertiary/aromatic N) is 1. The maximum absolute atomic E-state index is 11.2. The van der Waals surface area contributed by atoms with Crippen LogP contribution in [0.4, 0.5) is 0 Å². The Labute approximate surface area is 74.2 Å². The first-order valence-electron chi connectivity index (χ1n) is 3.80. The van der Waals surface area contributed by atoms with Crippen molar-refractivity contribution in [2.75, 3.05) is 0 Å². The van der Waals surface area contributed by atoms with Gasteiger partial charge >= 0.3 is 0 Å². The zero-order valence-corrected chi connectivity index (χ0v) is 6.73. The van der Waals surface area contributed by atoms with Gasteiger partial charge in [0.1, 0.15) is 0 Å². The summed E-state index contributed by atoms with van der Waals surface area (Å²) in [4.78, 5) is 21.8. The van der Waals surface area contributed by atoms with Gasteiger partial charge in [0.2, 0.25) is 6.41 Å². The average molecular weight is 172 g/mol. The Hall–Kier alpha value is -1.90. The molecule has 0 aliphatic carbocycles. The fourth-order valence-electron chi connectivity index (χ4n) is 1.24. The molecule has 0 spiro atoms. The van der Waals surface area contributed by atoms with Crippen molar-refractivity contribution in [3.63, 3.8) is 0 Å². The lowest BCUT2D eigenvalue weighted by atomic mass is 10.2. The third-order valence-electron chi connectivity index (χ3n) is 1.86. The van der Waals surface area contributed by atoms with E-state index in [1.165, 1.54) is 6.07 Å². The number of carbonyl (C=O) groups is 1. The second kappa shape index (κ2) is 2.86. The number of benzene rings is 1. The lowest BCUT2D eigenvalue weighted by Crippen LogP contribution is -2.18. The zero-order valence-electron chi connectivity index (χ0n) is 6.73. The van der Waals surface area contributed by atoms with Gasteiger partial charge in [-0.25, -0.2) is 4.57 Å². The SMILES string of the molecule is O=Cn1c(=O)c[c]c2ccccc21. The van der Waals surface area contributed by atoms with Crippen molar-refractivity contribution in [2.24, 2.45) is 0 Å². The molecule has 0 amide bonds. The lowest BCUT2D eigenvalue weighted by Gasteiger charge is -2.00. The first-order valence-corrected chi connectivity index (χ1v) is 3.80. The van der Waals surface area contributed by atoms with Crippen LogP contribution in [0.15, 0.2) is 35.1 Å². The van der Waals surface area contributed by atoms with Crippen molar-refractivity contribution in [1.29, 1.82) is 0 Å². The van der Waals surface area contributed by atoms with E-state index in [4.69, 9.17) is 0 Å². The molecule has 1 radical (unpaired) electrons. The zero-order chi connectivity index (χ0) is 9.26. The molecule has 1 aromatic carbocycles. The van der Waals surface area contributed by atoms with Gasteiger partial charge in [0, 0.05) is 11.5 Å². The molecule has 0 N–H and O–H groups in total. The summed E-state index contributed by atoms with van der Waals surface area (Å²) in [6.45, 7) is 0. The van der Waals surface area contributed by atoms with Gasteiger partial charge in [-0.05, 0) is 12.1 Å². The van der Waals surface area contributed by atoms with E-state index in [2.05, 4.69) is 6.07 Å². The second-order valence-corrected chi connectivity index (χ2v) is 2.62. The van der Waals surface area contributed by atoms with Crippen LogP contribution in [0.5, 0.6) is 0 Å². The molecule has 0 bridgehead atoms. The topological polar surface area (TPSA) is 39.1 Å². The monoisotopic (exact) mass is 172 g/mol. The van der Waals surface area contributed by atoms with Crippen molar-refractivity contribution in [2.45, 2.75) is 0 Å². The first kappa shape index (κ1) is 7.73. The molecule has 13 heavy (non-hydrogen) atoms. The number of pyridine rings is 1. The highest BCUT2D eigenvalue weighted by Gasteiger charge is 1.99. The van der Waals surface area contributed by atoms with Gasteiger partial charge in [-0.15, -0.1) is 0 Å². The van der Waals surface area contributed by atoms with Gasteiger partial charge in [0.15, 0.2) is 0 Å². The van der Waals surface area contributed by atoms with E-state index >= 15 is 0 Å². The quantitative estimate of drug-likeness (QED) is 0.598. The third-order valence-corrected chi connectivity index (χ3v) is 1.86. The van der Waals surface area contributed by atoms with E-state index < -0.39 is 0 Å². The van der Waals surface area contributed by atoms with Crippen molar-refractivity contribution in [3.05, 3.63) is 46.8 Å². The molecule has 0 saturated heterocycles. The fourth-order valence-corrected chi connectivity index (χ4v) is 1.24. The lowest BCUT2D eigenvalue weighted by molar-refractivity contribution is 0.547. The summed E-state index contributed by atoms with van der Waals surface area (Å²) in [5, 5.41) is 0.759. The minimum Gasteiger partial charge on any atom is -0.278 e. The Bertz CT molecular complexity index is 514. The van der Waals surface area contributed by atoms with Crippen LogP contribution in [0.25, 0.3) is 10.9 Å². The summed E-state index contributed by atoms with van der Waals surface area (Å²) in [6, 6.07) is 11.2. The van der Waals surface area contributed by atoms with Crippen LogP contribution in [-0.2, 0) is 4.79 Å². The standard InChI is InChI=1S/C10H6NO2/c12-7-11-9-4-2-1-3-8(9)5-6-10(11)13/h1-4,6-7H. The summed E-state index contributed by atoms with van der Waals surface area (Å²) in [6.07, 6.45) is 0.512. The largest absolute Gasteiger partial charge is 0.278 e. The van der Waals surface area contributed by atoms with Crippen molar-refractivity contribution >= 4 is 17.3 Å². The van der Waals surface area contributed by atoms with Crippen LogP contribution in [-0.4, -0.2) is 11.0 Å². The number of carbonyl (C=O) groups excluding carboxylic acids is 1. The van der Waals surface area contributed by atoms with Crippen molar-refractivity contribution in [3.8, 4) is 0 Å². The van der Waals surface area contributed by atoms with E-state index in [9.17, 15) is 9.59 Å². The molecule has 1 heterocycles. The molecule has 2 aromatic rings. The molecule has 0 aliphatic rings. The number of para-hydroxylation sites is 1. The number of hydrogen-bond donors (Lipinski definition) is 0. The average Bonchev–Trinajstić information content (AvgIpc) is 2.18. The summed E-state index contributed by atoms with van der Waals surface area (Å²) in [5.74, 6) is 0. The fraction of sp³-hybridized carbons (Fsp3) is 0.